The molecule has 0 aromatic carbocycles. The Morgan fingerprint density at radius 2 is 2.33 bits per heavy atom. The third kappa shape index (κ3) is 1.41. The van der Waals surface area contributed by atoms with Gasteiger partial charge >= 0.3 is 0 Å². The molecule has 0 spiro atoms. The first kappa shape index (κ1) is 6.53. The van der Waals surface area contributed by atoms with Gasteiger partial charge in [0.2, 0.25) is 0 Å². The van der Waals surface area contributed by atoms with Gasteiger partial charge in [0, 0.05) is 0 Å². The molecule has 0 bridgehead atoms. The van der Waals surface area contributed by atoms with Crippen molar-refractivity contribution in [3.05, 3.63) is 9.90 Å². The summed E-state index contributed by atoms with van der Waals surface area (Å²) in [7, 11) is 0. The molecule has 48 valence electrons. The van der Waals surface area contributed by atoms with Crippen molar-refractivity contribution >= 4 is 28.4 Å². The summed E-state index contributed by atoms with van der Waals surface area (Å²) in [6.07, 6.45) is 1.44. The van der Waals surface area contributed by atoms with Crippen LogP contribution in [0.3, 0.4) is 0 Å². The van der Waals surface area contributed by atoms with E-state index in [9.17, 15) is 0 Å². The molecule has 0 saturated heterocycles. The van der Waals surface area contributed by atoms with Gasteiger partial charge in [-0.2, -0.15) is 0 Å². The molecule has 5 heteroatoms. The van der Waals surface area contributed by atoms with E-state index in [2.05, 4.69) is 9.97 Å². The minimum absolute atomic E-state index is 0.0712. The monoisotopic (exact) mass is 237 g/mol. The minimum Gasteiger partial charge on any atom is -0.491 e. The third-order valence-electron chi connectivity index (χ3n) is 0.750. The number of anilines is 1. The first-order chi connectivity index (χ1) is 4.20. The van der Waals surface area contributed by atoms with E-state index >= 15 is 0 Å². The summed E-state index contributed by atoms with van der Waals surface area (Å²) in [6, 6.07) is 0. The summed E-state index contributed by atoms with van der Waals surface area (Å²) < 4.78 is 0.669. The van der Waals surface area contributed by atoms with E-state index in [0.29, 0.717) is 3.70 Å². The van der Waals surface area contributed by atoms with E-state index in [0.717, 1.165) is 0 Å². The van der Waals surface area contributed by atoms with Gasteiger partial charge in [-0.3, -0.25) is 0 Å². The van der Waals surface area contributed by atoms with Crippen molar-refractivity contribution in [2.24, 2.45) is 0 Å². The zero-order valence-corrected chi connectivity index (χ0v) is 6.53. The lowest BCUT2D eigenvalue weighted by Gasteiger charge is -1.93. The zero-order valence-electron chi connectivity index (χ0n) is 4.37. The SMILES string of the molecule is Nc1nc(I)cnc1O. The summed E-state index contributed by atoms with van der Waals surface area (Å²) in [4.78, 5) is 7.26. The van der Waals surface area contributed by atoms with Gasteiger partial charge in [-0.15, -0.1) is 0 Å². The predicted molar refractivity (Wildman–Crippen MR) is 40.8 cm³/mol. The molecule has 0 unspecified atom stereocenters. The van der Waals surface area contributed by atoms with Crippen molar-refractivity contribution in [3.63, 3.8) is 0 Å². The Bertz CT molecular complexity index is 227. The average molecular weight is 237 g/mol. The zero-order chi connectivity index (χ0) is 6.85. The highest BCUT2D eigenvalue weighted by molar-refractivity contribution is 14.1. The van der Waals surface area contributed by atoms with Crippen LogP contribution in [0.2, 0.25) is 0 Å². The van der Waals surface area contributed by atoms with Crippen LogP contribution in [0.15, 0.2) is 6.20 Å². The second-order valence-corrected chi connectivity index (χ2v) is 2.51. The summed E-state index contributed by atoms with van der Waals surface area (Å²) in [5.74, 6) is -0.141. The molecule has 4 nitrogen and oxygen atoms in total. The molecule has 1 aromatic rings. The van der Waals surface area contributed by atoms with Crippen LogP contribution in [0.1, 0.15) is 0 Å². The van der Waals surface area contributed by atoms with Crippen LogP contribution in [0, 0.1) is 3.70 Å². The summed E-state index contributed by atoms with van der Waals surface area (Å²) in [6.45, 7) is 0. The first-order valence-corrected chi connectivity index (χ1v) is 3.25. The molecule has 3 N–H and O–H groups in total. The Labute approximate surface area is 65.3 Å². The molecular formula is C4H4IN3O. The fraction of sp³-hybridized carbons (Fsp3) is 0. The Morgan fingerprint density at radius 3 is 2.78 bits per heavy atom. The number of nitrogens with two attached hydrogens (primary N) is 1. The molecule has 9 heavy (non-hydrogen) atoms. The lowest BCUT2D eigenvalue weighted by atomic mass is 10.6. The quantitative estimate of drug-likeness (QED) is 0.639. The maximum absolute atomic E-state index is 8.74. The van der Waals surface area contributed by atoms with E-state index in [-0.39, 0.29) is 11.7 Å². The largest absolute Gasteiger partial charge is 0.491 e. The predicted octanol–water partition coefficient (Wildman–Crippen LogP) is 0.369. The molecule has 0 saturated carbocycles. The topological polar surface area (TPSA) is 72.0 Å². The average Bonchev–Trinajstić information content (AvgIpc) is 1.80. The van der Waals surface area contributed by atoms with E-state index in [1.54, 1.807) is 0 Å². The van der Waals surface area contributed by atoms with Gasteiger partial charge in [-0.25, -0.2) is 9.97 Å². The summed E-state index contributed by atoms with van der Waals surface area (Å²) in [5, 5.41) is 8.74. The number of hydrogen-bond acceptors (Lipinski definition) is 4. The van der Waals surface area contributed by atoms with E-state index < -0.39 is 0 Å². The van der Waals surface area contributed by atoms with E-state index in [4.69, 9.17) is 10.8 Å². The lowest BCUT2D eigenvalue weighted by Crippen LogP contribution is -1.93. The van der Waals surface area contributed by atoms with Gasteiger partial charge in [0.1, 0.15) is 3.70 Å². The highest BCUT2D eigenvalue weighted by Gasteiger charge is 1.97. The second kappa shape index (κ2) is 2.34. The molecule has 1 rings (SSSR count). The molecule has 0 aliphatic rings. The molecule has 0 aliphatic heterocycles. The highest BCUT2D eigenvalue weighted by atomic mass is 127. The van der Waals surface area contributed by atoms with Crippen LogP contribution in [-0.4, -0.2) is 15.1 Å². The molecule has 0 fully saturated rings. The van der Waals surface area contributed by atoms with Crippen LogP contribution < -0.4 is 5.73 Å². The fourth-order valence-corrected chi connectivity index (χ4v) is 0.774. The summed E-state index contributed by atoms with van der Waals surface area (Å²) >= 11 is 1.96. The number of hydrogen-bond donors (Lipinski definition) is 2. The van der Waals surface area contributed by atoms with Crippen molar-refractivity contribution in [2.45, 2.75) is 0 Å². The number of halogens is 1. The second-order valence-electron chi connectivity index (χ2n) is 1.40. The molecule has 0 aliphatic carbocycles. The molecule has 0 radical (unpaired) electrons. The van der Waals surface area contributed by atoms with Crippen molar-refractivity contribution in [1.82, 2.24) is 9.97 Å². The normalized spacial score (nSPS) is 9.44. The van der Waals surface area contributed by atoms with E-state index in [1.165, 1.54) is 6.20 Å². The molecule has 0 atom stereocenters. The maximum atomic E-state index is 8.74. The van der Waals surface area contributed by atoms with Crippen LogP contribution in [0.5, 0.6) is 5.88 Å². The van der Waals surface area contributed by atoms with E-state index in [1.807, 2.05) is 22.6 Å². The minimum atomic E-state index is -0.213. The van der Waals surface area contributed by atoms with Crippen molar-refractivity contribution in [1.29, 1.82) is 0 Å². The van der Waals surface area contributed by atoms with Gasteiger partial charge in [0.25, 0.3) is 5.88 Å². The Balaban J connectivity index is 3.17. The number of nitrogen functional groups attached to an aromatic ring is 1. The number of aromatic nitrogens is 2. The standard InChI is InChI=1S/C4H4IN3O/c5-2-1-7-4(9)3(6)8-2/h1H,(H2,6,8)(H,7,9). The maximum Gasteiger partial charge on any atom is 0.254 e. The Hall–Kier alpha value is -0.590. The van der Waals surface area contributed by atoms with Gasteiger partial charge in [0.05, 0.1) is 6.20 Å². The molecular weight excluding hydrogens is 233 g/mol. The van der Waals surface area contributed by atoms with Gasteiger partial charge < -0.3 is 10.8 Å². The van der Waals surface area contributed by atoms with Crippen LogP contribution >= 0.6 is 22.6 Å². The molecule has 1 aromatic heterocycles. The van der Waals surface area contributed by atoms with Crippen molar-refractivity contribution in [3.8, 4) is 5.88 Å². The van der Waals surface area contributed by atoms with Crippen LogP contribution in [-0.2, 0) is 0 Å². The van der Waals surface area contributed by atoms with Crippen LogP contribution in [0.4, 0.5) is 5.82 Å². The van der Waals surface area contributed by atoms with Crippen molar-refractivity contribution in [2.75, 3.05) is 5.73 Å². The number of nitrogens with zero attached hydrogens (tertiary/aromatic N) is 2. The number of rotatable bonds is 0. The van der Waals surface area contributed by atoms with Gasteiger partial charge in [0.15, 0.2) is 5.82 Å². The Kier molecular flexibility index (Phi) is 1.70. The highest BCUT2D eigenvalue weighted by Crippen LogP contribution is 2.12. The third-order valence-corrected chi connectivity index (χ3v) is 1.27. The first-order valence-electron chi connectivity index (χ1n) is 2.17. The van der Waals surface area contributed by atoms with Gasteiger partial charge in [-0.1, -0.05) is 0 Å². The fourth-order valence-electron chi connectivity index (χ4n) is 0.374. The molecule has 0 amide bonds. The number of aromatic hydroxyl groups is 1. The lowest BCUT2D eigenvalue weighted by molar-refractivity contribution is 0.453. The summed E-state index contributed by atoms with van der Waals surface area (Å²) in [5.41, 5.74) is 5.19. The van der Waals surface area contributed by atoms with Crippen LogP contribution in [0.25, 0.3) is 0 Å². The Morgan fingerprint density at radius 1 is 1.67 bits per heavy atom. The van der Waals surface area contributed by atoms with Crippen molar-refractivity contribution < 1.29 is 5.11 Å². The molecule has 1 heterocycles. The van der Waals surface area contributed by atoms with Gasteiger partial charge in [-0.05, 0) is 22.6 Å². The smallest absolute Gasteiger partial charge is 0.254 e.